The lowest BCUT2D eigenvalue weighted by atomic mass is 9.92. The summed E-state index contributed by atoms with van der Waals surface area (Å²) in [5.41, 5.74) is 15.1. The maximum atomic E-state index is 6.54. The van der Waals surface area contributed by atoms with Crippen LogP contribution in [0.4, 0.5) is 0 Å². The molecule has 0 saturated heterocycles. The van der Waals surface area contributed by atoms with Crippen molar-refractivity contribution in [2.75, 3.05) is 14.2 Å². The van der Waals surface area contributed by atoms with Gasteiger partial charge in [-0.15, -0.1) is 0 Å². The Bertz CT molecular complexity index is 1050. The van der Waals surface area contributed by atoms with Gasteiger partial charge in [0.1, 0.15) is 11.5 Å². The van der Waals surface area contributed by atoms with Crippen LogP contribution in [0.3, 0.4) is 0 Å². The van der Waals surface area contributed by atoms with E-state index < -0.39 is 0 Å². The largest absolute Gasteiger partial charge is 0.497 e. The Morgan fingerprint density at radius 2 is 0.893 bits per heavy atom. The Kier molecular flexibility index (Phi) is 4.90. The summed E-state index contributed by atoms with van der Waals surface area (Å²) in [6.45, 7) is 0. The number of ether oxygens (including phenoxy) is 2. The van der Waals surface area contributed by atoms with Crippen molar-refractivity contribution in [3.05, 3.63) is 83.9 Å². The molecule has 0 heterocycles. The molecule has 0 radical (unpaired) electrons. The number of methoxy groups -OCH3 is 2. The molecule has 4 aromatic rings. The fourth-order valence-corrected chi connectivity index (χ4v) is 3.57. The SMILES string of the molecule is COc1ccc2cc(C(N)C(N)c3ccc4cc(OC)ccc4c3)ccc2c1. The first-order valence-corrected chi connectivity index (χ1v) is 9.25. The molecule has 0 aromatic heterocycles. The number of nitrogens with two attached hydrogens (primary N) is 2. The number of fused-ring (bicyclic) bond motifs is 2. The van der Waals surface area contributed by atoms with Gasteiger partial charge >= 0.3 is 0 Å². The molecule has 4 nitrogen and oxygen atoms in total. The third-order valence-corrected chi connectivity index (χ3v) is 5.30. The quantitative estimate of drug-likeness (QED) is 0.532. The Balaban J connectivity index is 1.64. The highest BCUT2D eigenvalue weighted by Crippen LogP contribution is 2.31. The van der Waals surface area contributed by atoms with Crippen molar-refractivity contribution in [2.45, 2.75) is 12.1 Å². The Labute approximate surface area is 164 Å². The van der Waals surface area contributed by atoms with E-state index in [1.54, 1.807) is 14.2 Å². The van der Waals surface area contributed by atoms with Crippen LogP contribution in [0.2, 0.25) is 0 Å². The molecule has 4 aromatic carbocycles. The molecule has 28 heavy (non-hydrogen) atoms. The highest BCUT2D eigenvalue weighted by Gasteiger charge is 2.18. The summed E-state index contributed by atoms with van der Waals surface area (Å²) < 4.78 is 10.6. The maximum absolute atomic E-state index is 6.54. The van der Waals surface area contributed by atoms with Crippen LogP contribution >= 0.6 is 0 Å². The molecule has 0 saturated carbocycles. The monoisotopic (exact) mass is 372 g/mol. The molecular weight excluding hydrogens is 348 g/mol. The zero-order chi connectivity index (χ0) is 19.7. The van der Waals surface area contributed by atoms with Gasteiger partial charge in [0, 0.05) is 12.1 Å². The van der Waals surface area contributed by atoms with Crippen molar-refractivity contribution in [1.29, 1.82) is 0 Å². The maximum Gasteiger partial charge on any atom is 0.119 e. The zero-order valence-electron chi connectivity index (χ0n) is 16.1. The molecule has 0 fully saturated rings. The van der Waals surface area contributed by atoms with E-state index in [9.17, 15) is 0 Å². The highest BCUT2D eigenvalue weighted by molar-refractivity contribution is 5.85. The second-order valence-electron chi connectivity index (χ2n) is 7.00. The second-order valence-corrected chi connectivity index (χ2v) is 7.00. The summed E-state index contributed by atoms with van der Waals surface area (Å²) in [6.07, 6.45) is 0. The summed E-state index contributed by atoms with van der Waals surface area (Å²) in [6, 6.07) is 23.8. The average molecular weight is 372 g/mol. The number of benzene rings is 4. The Morgan fingerprint density at radius 1 is 0.536 bits per heavy atom. The number of hydrogen-bond donors (Lipinski definition) is 2. The molecule has 4 N–H and O–H groups in total. The Hall–Kier alpha value is -3.08. The van der Waals surface area contributed by atoms with Gasteiger partial charge in [-0.25, -0.2) is 0 Å². The van der Waals surface area contributed by atoms with Crippen LogP contribution in [-0.4, -0.2) is 14.2 Å². The van der Waals surface area contributed by atoms with Crippen LogP contribution in [0, 0.1) is 0 Å². The van der Waals surface area contributed by atoms with E-state index >= 15 is 0 Å². The van der Waals surface area contributed by atoms with Gasteiger partial charge in [0.15, 0.2) is 0 Å². The average Bonchev–Trinajstić information content (AvgIpc) is 2.76. The molecule has 0 aliphatic rings. The molecule has 2 atom stereocenters. The van der Waals surface area contributed by atoms with Gasteiger partial charge in [-0.3, -0.25) is 0 Å². The standard InChI is InChI=1S/C24H24N2O2/c1-27-21-9-7-15-11-19(5-3-17(15)13-21)23(25)24(26)20-6-4-18-14-22(28-2)10-8-16(18)12-20/h3-14,23-24H,25-26H2,1-2H3. The summed E-state index contributed by atoms with van der Waals surface area (Å²) in [4.78, 5) is 0. The molecule has 0 amide bonds. The topological polar surface area (TPSA) is 70.5 Å². The van der Waals surface area contributed by atoms with E-state index in [4.69, 9.17) is 20.9 Å². The van der Waals surface area contributed by atoms with Crippen molar-refractivity contribution in [2.24, 2.45) is 11.5 Å². The third-order valence-electron chi connectivity index (χ3n) is 5.30. The van der Waals surface area contributed by atoms with Crippen molar-refractivity contribution in [3.63, 3.8) is 0 Å². The molecule has 4 heteroatoms. The first-order chi connectivity index (χ1) is 13.6. The van der Waals surface area contributed by atoms with Crippen molar-refractivity contribution < 1.29 is 9.47 Å². The van der Waals surface area contributed by atoms with E-state index in [1.165, 1.54) is 0 Å². The predicted octanol–water partition coefficient (Wildman–Crippen LogP) is 4.71. The van der Waals surface area contributed by atoms with E-state index in [0.29, 0.717) is 0 Å². The lowest BCUT2D eigenvalue weighted by Crippen LogP contribution is -2.26. The van der Waals surface area contributed by atoms with Crippen LogP contribution in [0.15, 0.2) is 72.8 Å². The van der Waals surface area contributed by atoms with Gasteiger partial charge in [0.2, 0.25) is 0 Å². The fourth-order valence-electron chi connectivity index (χ4n) is 3.57. The van der Waals surface area contributed by atoms with E-state index in [1.807, 2.05) is 48.5 Å². The minimum Gasteiger partial charge on any atom is -0.497 e. The number of hydrogen-bond acceptors (Lipinski definition) is 4. The Morgan fingerprint density at radius 3 is 1.29 bits per heavy atom. The van der Waals surface area contributed by atoms with E-state index in [2.05, 4.69) is 24.3 Å². The smallest absolute Gasteiger partial charge is 0.119 e. The molecule has 2 unspecified atom stereocenters. The van der Waals surface area contributed by atoms with Gasteiger partial charge in [-0.2, -0.15) is 0 Å². The van der Waals surface area contributed by atoms with E-state index in [-0.39, 0.29) is 12.1 Å². The minimum absolute atomic E-state index is 0.304. The van der Waals surface area contributed by atoms with Crippen molar-refractivity contribution in [3.8, 4) is 11.5 Å². The lowest BCUT2D eigenvalue weighted by Gasteiger charge is -2.22. The van der Waals surface area contributed by atoms with E-state index in [0.717, 1.165) is 44.2 Å². The highest BCUT2D eigenvalue weighted by atomic mass is 16.5. The van der Waals surface area contributed by atoms with Crippen molar-refractivity contribution >= 4 is 21.5 Å². The minimum atomic E-state index is -0.304. The third kappa shape index (κ3) is 3.40. The van der Waals surface area contributed by atoms with Crippen LogP contribution in [0.5, 0.6) is 11.5 Å². The van der Waals surface area contributed by atoms with Gasteiger partial charge in [-0.1, -0.05) is 36.4 Å². The molecule has 0 spiro atoms. The predicted molar refractivity (Wildman–Crippen MR) is 115 cm³/mol. The number of rotatable bonds is 5. The summed E-state index contributed by atoms with van der Waals surface area (Å²) in [5, 5.41) is 4.46. The summed E-state index contributed by atoms with van der Waals surface area (Å²) in [7, 11) is 3.34. The first-order valence-electron chi connectivity index (χ1n) is 9.25. The molecule has 0 aliphatic carbocycles. The lowest BCUT2D eigenvalue weighted by molar-refractivity contribution is 0.415. The first kappa shape index (κ1) is 18.3. The molecule has 4 rings (SSSR count). The van der Waals surface area contributed by atoms with Gasteiger partial charge in [-0.05, 0) is 69.1 Å². The van der Waals surface area contributed by atoms with Crippen LogP contribution in [0.25, 0.3) is 21.5 Å². The van der Waals surface area contributed by atoms with Gasteiger partial charge < -0.3 is 20.9 Å². The zero-order valence-corrected chi connectivity index (χ0v) is 16.1. The fraction of sp³-hybridized carbons (Fsp3) is 0.167. The summed E-state index contributed by atoms with van der Waals surface area (Å²) >= 11 is 0. The van der Waals surface area contributed by atoms with Crippen LogP contribution in [0.1, 0.15) is 23.2 Å². The van der Waals surface area contributed by atoms with Gasteiger partial charge in [0.05, 0.1) is 14.2 Å². The summed E-state index contributed by atoms with van der Waals surface area (Å²) in [5.74, 6) is 1.68. The molecule has 0 bridgehead atoms. The molecule has 0 aliphatic heterocycles. The normalized spacial score (nSPS) is 13.4. The van der Waals surface area contributed by atoms with Gasteiger partial charge in [0.25, 0.3) is 0 Å². The molecular formula is C24H24N2O2. The second kappa shape index (κ2) is 7.50. The van der Waals surface area contributed by atoms with Crippen molar-refractivity contribution in [1.82, 2.24) is 0 Å². The van der Waals surface area contributed by atoms with Crippen LogP contribution in [-0.2, 0) is 0 Å². The molecule has 142 valence electrons. The van der Waals surface area contributed by atoms with Crippen LogP contribution < -0.4 is 20.9 Å².